The molecule has 4 rings (SSSR count). The van der Waals surface area contributed by atoms with Crippen molar-refractivity contribution in [1.82, 2.24) is 0 Å². The highest BCUT2D eigenvalue weighted by Crippen LogP contribution is 2.68. The molecule has 0 saturated heterocycles. The van der Waals surface area contributed by atoms with E-state index in [-0.39, 0.29) is 46.6 Å². The Kier molecular flexibility index (Phi) is 7.22. The third kappa shape index (κ3) is 4.46. The van der Waals surface area contributed by atoms with Crippen LogP contribution in [0.4, 0.5) is 0 Å². The van der Waals surface area contributed by atoms with Crippen molar-refractivity contribution in [3.8, 4) is 0 Å². The molecule has 0 aromatic carbocycles. The second-order valence-corrected chi connectivity index (χ2v) is 14.0. The molecule has 4 aliphatic carbocycles. The fourth-order valence-corrected chi connectivity index (χ4v) is 9.77. The molecule has 0 aliphatic heterocycles. The first-order valence-corrected chi connectivity index (χ1v) is 14.9. The van der Waals surface area contributed by atoms with Gasteiger partial charge >= 0.3 is 5.97 Å². The van der Waals surface area contributed by atoms with Gasteiger partial charge in [-0.2, -0.15) is 8.42 Å². The minimum Gasteiger partial charge on any atom is -0.469 e. The van der Waals surface area contributed by atoms with Gasteiger partial charge in [-0.15, -0.1) is 0 Å². The van der Waals surface area contributed by atoms with Crippen molar-refractivity contribution in [1.29, 1.82) is 0 Å². The van der Waals surface area contributed by atoms with E-state index in [1.54, 1.807) is 0 Å². The van der Waals surface area contributed by atoms with Gasteiger partial charge in [-0.3, -0.25) is 8.98 Å². The minimum absolute atomic E-state index is 0.0296. The van der Waals surface area contributed by atoms with Crippen LogP contribution in [0, 0.1) is 46.3 Å². The maximum atomic E-state index is 11.7. The Bertz CT molecular complexity index is 874. The zero-order valence-electron chi connectivity index (χ0n) is 21.4. The third-order valence-electron chi connectivity index (χ3n) is 10.8. The Morgan fingerprint density at radius 1 is 1.09 bits per heavy atom. The summed E-state index contributed by atoms with van der Waals surface area (Å²) in [5.74, 6) is 1.25. The van der Waals surface area contributed by atoms with Gasteiger partial charge in [0, 0.05) is 6.42 Å². The van der Waals surface area contributed by atoms with E-state index >= 15 is 0 Å². The van der Waals surface area contributed by atoms with Crippen molar-refractivity contribution in [2.75, 3.05) is 13.4 Å². The number of hydrogen-bond acceptors (Lipinski definition) is 7. The number of methoxy groups -OCH3 is 1. The molecule has 0 spiro atoms. The smallest absolute Gasteiger partial charge is 0.305 e. The van der Waals surface area contributed by atoms with Gasteiger partial charge < -0.3 is 14.9 Å². The summed E-state index contributed by atoms with van der Waals surface area (Å²) in [5.41, 5.74) is -0.296. The van der Waals surface area contributed by atoms with Crippen LogP contribution < -0.4 is 0 Å². The summed E-state index contributed by atoms with van der Waals surface area (Å²) in [6, 6.07) is 0. The zero-order valence-corrected chi connectivity index (χ0v) is 22.2. The van der Waals surface area contributed by atoms with Crippen molar-refractivity contribution in [2.24, 2.45) is 46.3 Å². The second-order valence-electron chi connectivity index (χ2n) is 12.4. The van der Waals surface area contributed by atoms with Crippen LogP contribution in [0.15, 0.2) is 0 Å². The first kappa shape index (κ1) is 26.4. The summed E-state index contributed by atoms with van der Waals surface area (Å²) in [5, 5.41) is 23.1. The third-order valence-corrected chi connectivity index (χ3v) is 11.5. The predicted molar refractivity (Wildman–Crippen MR) is 128 cm³/mol. The molecule has 4 saturated carbocycles. The molecule has 4 aliphatic rings. The molecule has 196 valence electrons. The number of ether oxygens (including phenoxy) is 1. The van der Waals surface area contributed by atoms with Crippen molar-refractivity contribution in [3.63, 3.8) is 0 Å². The largest absolute Gasteiger partial charge is 0.469 e. The summed E-state index contributed by atoms with van der Waals surface area (Å²) in [6.45, 7) is 6.72. The number of esters is 1. The normalized spacial score (nSPS) is 47.3. The highest BCUT2D eigenvalue weighted by atomic mass is 32.2. The quantitative estimate of drug-likeness (QED) is 0.424. The number of hydrogen-bond donors (Lipinski definition) is 2. The summed E-state index contributed by atoms with van der Waals surface area (Å²) in [6.07, 6.45) is 6.63. The van der Waals surface area contributed by atoms with Gasteiger partial charge in [0.05, 0.1) is 31.7 Å². The molecule has 7 nitrogen and oxygen atoms in total. The number of carbonyl (C=O) groups is 1. The topological polar surface area (TPSA) is 110 Å². The molecule has 0 radical (unpaired) electrons. The summed E-state index contributed by atoms with van der Waals surface area (Å²) < 4.78 is 33.6. The lowest BCUT2D eigenvalue weighted by atomic mass is 9.43. The van der Waals surface area contributed by atoms with E-state index in [0.29, 0.717) is 43.9 Å². The molecule has 34 heavy (non-hydrogen) atoms. The molecule has 2 N–H and O–H groups in total. The van der Waals surface area contributed by atoms with Crippen LogP contribution in [0.2, 0.25) is 0 Å². The Morgan fingerprint density at radius 2 is 1.79 bits per heavy atom. The molecule has 0 aromatic heterocycles. The van der Waals surface area contributed by atoms with E-state index in [1.807, 2.05) is 0 Å². The molecule has 4 fully saturated rings. The van der Waals surface area contributed by atoms with Crippen LogP contribution in [-0.4, -0.2) is 56.3 Å². The fourth-order valence-electron chi connectivity index (χ4n) is 9.10. The van der Waals surface area contributed by atoms with Gasteiger partial charge in [0.15, 0.2) is 0 Å². The minimum atomic E-state index is -3.50. The van der Waals surface area contributed by atoms with Gasteiger partial charge in [-0.25, -0.2) is 0 Å². The molecule has 0 heterocycles. The number of carbonyl (C=O) groups excluding carboxylic acids is 1. The molecule has 0 amide bonds. The van der Waals surface area contributed by atoms with Gasteiger partial charge in [0.2, 0.25) is 0 Å². The lowest BCUT2D eigenvalue weighted by Crippen LogP contribution is -2.62. The lowest BCUT2D eigenvalue weighted by Gasteiger charge is -2.63. The van der Waals surface area contributed by atoms with Crippen LogP contribution in [-0.2, 0) is 23.8 Å². The number of fused-ring (bicyclic) bond motifs is 5. The average Bonchev–Trinajstić information content (AvgIpc) is 3.11. The number of rotatable bonds is 6. The Labute approximate surface area is 205 Å². The zero-order chi connectivity index (χ0) is 25.1. The second kappa shape index (κ2) is 9.31. The van der Waals surface area contributed by atoms with Crippen molar-refractivity contribution >= 4 is 16.1 Å². The van der Waals surface area contributed by atoms with Crippen LogP contribution in [0.5, 0.6) is 0 Å². The first-order valence-electron chi connectivity index (χ1n) is 13.1. The van der Waals surface area contributed by atoms with Crippen LogP contribution in [0.25, 0.3) is 0 Å². The Balaban J connectivity index is 1.54. The molecule has 0 unspecified atom stereocenters. The van der Waals surface area contributed by atoms with Gasteiger partial charge in [0.1, 0.15) is 0 Å². The van der Waals surface area contributed by atoms with Crippen molar-refractivity contribution < 1.29 is 32.3 Å². The molecule has 11 atom stereocenters. The molecule has 0 aromatic rings. The van der Waals surface area contributed by atoms with E-state index in [0.717, 1.165) is 31.9 Å². The van der Waals surface area contributed by atoms with Crippen LogP contribution in [0.1, 0.15) is 78.6 Å². The SMILES string of the molecule is COC(=O)CC[C@@H](C)[C@H]1CC[C@H]2[C@@H]3[C@H](O)C[C@H]4C[C@@H](OS(C)(=O)=O)CC[C@]4(C)[C@H]3C[C@H](O)[C@]12C. The molecular weight excluding hydrogens is 456 g/mol. The van der Waals surface area contributed by atoms with E-state index in [2.05, 4.69) is 20.8 Å². The highest BCUT2D eigenvalue weighted by Gasteiger charge is 2.65. The fraction of sp³-hybridized carbons (Fsp3) is 0.962. The average molecular weight is 501 g/mol. The molecular formula is C26H44O7S. The first-order chi connectivity index (χ1) is 15.8. The van der Waals surface area contributed by atoms with Gasteiger partial charge in [-0.05, 0) is 97.7 Å². The number of aliphatic hydroxyl groups is 2. The standard InChI is InChI=1S/C26H44O7S/c1-15(6-9-23(29)32-4)18-7-8-19-24-20(14-22(28)26(18,19)3)25(2)11-10-17(33-34(5,30)31)12-16(25)13-21(24)27/h15-22,24,27-28H,6-14H2,1-5H3/t15-,16-,17+,18-,19+,20+,21-,22+,24+,25+,26-/m1/s1. The van der Waals surface area contributed by atoms with Crippen LogP contribution in [0.3, 0.4) is 0 Å². The van der Waals surface area contributed by atoms with E-state index < -0.39 is 22.3 Å². The lowest BCUT2D eigenvalue weighted by molar-refractivity contribution is -0.206. The van der Waals surface area contributed by atoms with Crippen LogP contribution >= 0.6 is 0 Å². The summed E-state index contributed by atoms with van der Waals surface area (Å²) >= 11 is 0. The Morgan fingerprint density at radius 3 is 2.44 bits per heavy atom. The number of aliphatic hydroxyl groups excluding tert-OH is 2. The Hall–Kier alpha value is -0.700. The monoisotopic (exact) mass is 500 g/mol. The van der Waals surface area contributed by atoms with E-state index in [1.165, 1.54) is 7.11 Å². The van der Waals surface area contributed by atoms with E-state index in [4.69, 9.17) is 8.92 Å². The maximum absolute atomic E-state index is 11.7. The highest BCUT2D eigenvalue weighted by molar-refractivity contribution is 7.86. The predicted octanol–water partition coefficient (Wildman–Crippen LogP) is 3.52. The molecule has 8 heteroatoms. The molecule has 0 bridgehead atoms. The van der Waals surface area contributed by atoms with E-state index in [9.17, 15) is 23.4 Å². The summed E-state index contributed by atoms with van der Waals surface area (Å²) in [7, 11) is -2.08. The van der Waals surface area contributed by atoms with Crippen molar-refractivity contribution in [3.05, 3.63) is 0 Å². The van der Waals surface area contributed by atoms with Gasteiger partial charge in [-0.1, -0.05) is 20.8 Å². The summed E-state index contributed by atoms with van der Waals surface area (Å²) in [4.78, 5) is 11.7. The van der Waals surface area contributed by atoms with Crippen molar-refractivity contribution in [2.45, 2.75) is 96.9 Å². The maximum Gasteiger partial charge on any atom is 0.305 e. The van der Waals surface area contributed by atoms with Gasteiger partial charge in [0.25, 0.3) is 10.1 Å².